The van der Waals surface area contributed by atoms with Crippen LogP contribution in [0.3, 0.4) is 0 Å². The Morgan fingerprint density at radius 3 is 2.77 bits per heavy atom. The lowest BCUT2D eigenvalue weighted by molar-refractivity contribution is -0.191. The number of hydrogen-bond acceptors (Lipinski definition) is 6. The monoisotopic (exact) mass is 476 g/mol. The lowest BCUT2D eigenvalue weighted by Crippen LogP contribution is -2.78. The number of aliphatic hydroxyl groups is 1. The molecule has 3 fully saturated rings. The minimum Gasteiger partial charge on any atom is -0.504 e. The summed E-state index contributed by atoms with van der Waals surface area (Å²) >= 11 is 0. The van der Waals surface area contributed by atoms with Crippen molar-refractivity contribution in [1.82, 2.24) is 10.2 Å². The SMILES string of the molecule is O=C(N[C@@H]1CC[C@@]2(O)[C@@H]3Cc4ccc(O)c5c4[C@@]2(CCN3CC2CC2)[C@H]1O5)OCc1ccccc1. The van der Waals surface area contributed by atoms with Crippen molar-refractivity contribution in [3.8, 4) is 11.5 Å². The maximum Gasteiger partial charge on any atom is 0.407 e. The molecule has 1 saturated heterocycles. The Bertz CT molecular complexity index is 1170. The Morgan fingerprint density at radius 2 is 1.97 bits per heavy atom. The molecule has 2 aliphatic heterocycles. The van der Waals surface area contributed by atoms with Crippen molar-refractivity contribution in [2.24, 2.45) is 5.92 Å². The smallest absolute Gasteiger partial charge is 0.407 e. The Morgan fingerprint density at radius 1 is 1.14 bits per heavy atom. The third-order valence-corrected chi connectivity index (χ3v) is 9.28. The molecule has 2 bridgehead atoms. The normalized spacial score (nSPS) is 34.6. The molecule has 1 spiro atoms. The fraction of sp³-hybridized carbons (Fsp3) is 0.536. The highest BCUT2D eigenvalue weighted by atomic mass is 16.6. The summed E-state index contributed by atoms with van der Waals surface area (Å²) in [6.45, 7) is 2.13. The number of hydrogen-bond donors (Lipinski definition) is 3. The summed E-state index contributed by atoms with van der Waals surface area (Å²) in [7, 11) is 0. The average molecular weight is 477 g/mol. The van der Waals surface area contributed by atoms with Crippen molar-refractivity contribution in [2.75, 3.05) is 13.1 Å². The van der Waals surface area contributed by atoms with Gasteiger partial charge in [-0.15, -0.1) is 0 Å². The van der Waals surface area contributed by atoms with Crippen molar-refractivity contribution < 1.29 is 24.5 Å². The van der Waals surface area contributed by atoms with E-state index in [0.29, 0.717) is 18.6 Å². The second-order valence-electron chi connectivity index (χ2n) is 11.1. The molecule has 1 amide bonds. The van der Waals surface area contributed by atoms with Crippen LogP contribution in [-0.4, -0.2) is 58.1 Å². The van der Waals surface area contributed by atoms with E-state index in [0.717, 1.165) is 48.5 Å². The van der Waals surface area contributed by atoms with Crippen LogP contribution in [-0.2, 0) is 23.2 Å². The fourth-order valence-corrected chi connectivity index (χ4v) is 7.55. The first-order chi connectivity index (χ1) is 17.0. The Kier molecular flexibility index (Phi) is 4.68. The molecule has 2 aromatic carbocycles. The van der Waals surface area contributed by atoms with Crippen molar-refractivity contribution in [2.45, 2.75) is 74.3 Å². The molecule has 35 heavy (non-hydrogen) atoms. The summed E-state index contributed by atoms with van der Waals surface area (Å²) in [5.41, 5.74) is 1.45. The summed E-state index contributed by atoms with van der Waals surface area (Å²) in [5.74, 6) is 1.35. The Labute approximate surface area is 205 Å². The largest absolute Gasteiger partial charge is 0.504 e. The zero-order valence-electron chi connectivity index (χ0n) is 19.8. The van der Waals surface area contributed by atoms with Crippen LogP contribution < -0.4 is 10.1 Å². The number of aromatic hydroxyl groups is 1. The van der Waals surface area contributed by atoms with Gasteiger partial charge >= 0.3 is 6.09 Å². The summed E-state index contributed by atoms with van der Waals surface area (Å²) in [5, 5.41) is 26.2. The third-order valence-electron chi connectivity index (χ3n) is 9.28. The van der Waals surface area contributed by atoms with Gasteiger partial charge < -0.3 is 25.0 Å². The molecule has 2 heterocycles. The molecule has 0 unspecified atom stereocenters. The van der Waals surface area contributed by atoms with Gasteiger partial charge in [0.25, 0.3) is 0 Å². The summed E-state index contributed by atoms with van der Waals surface area (Å²) in [6.07, 6.45) is 4.33. The Balaban J connectivity index is 1.20. The van der Waals surface area contributed by atoms with Crippen LogP contribution in [0.4, 0.5) is 4.79 Å². The van der Waals surface area contributed by atoms with E-state index in [-0.39, 0.29) is 24.4 Å². The number of alkyl carbamates (subject to hydrolysis) is 1. The van der Waals surface area contributed by atoms with Crippen molar-refractivity contribution in [3.05, 3.63) is 59.2 Å². The predicted octanol–water partition coefficient (Wildman–Crippen LogP) is 3.25. The molecule has 7 rings (SSSR count). The number of carbonyl (C=O) groups excluding carboxylic acids is 1. The van der Waals surface area contributed by atoms with Gasteiger partial charge in [-0.25, -0.2) is 4.79 Å². The molecule has 2 aromatic rings. The molecule has 7 nitrogen and oxygen atoms in total. The molecule has 2 saturated carbocycles. The van der Waals surface area contributed by atoms with Gasteiger partial charge in [-0.2, -0.15) is 0 Å². The number of benzene rings is 2. The number of nitrogens with zero attached hydrogens (tertiary/aromatic N) is 1. The lowest BCUT2D eigenvalue weighted by atomic mass is 9.48. The highest BCUT2D eigenvalue weighted by Crippen LogP contribution is 2.65. The number of likely N-dealkylation sites (tertiary alicyclic amines) is 1. The maximum absolute atomic E-state index is 12.8. The zero-order valence-corrected chi connectivity index (χ0v) is 19.8. The molecule has 0 radical (unpaired) electrons. The van der Waals surface area contributed by atoms with Crippen LogP contribution >= 0.6 is 0 Å². The summed E-state index contributed by atoms with van der Waals surface area (Å²) in [6, 6.07) is 13.0. The van der Waals surface area contributed by atoms with Gasteiger partial charge in [-0.1, -0.05) is 36.4 Å². The summed E-state index contributed by atoms with van der Waals surface area (Å²) in [4.78, 5) is 15.3. The predicted molar refractivity (Wildman–Crippen MR) is 128 cm³/mol. The molecule has 184 valence electrons. The van der Waals surface area contributed by atoms with Crippen molar-refractivity contribution in [3.63, 3.8) is 0 Å². The second kappa shape index (κ2) is 7.61. The minimum atomic E-state index is -0.955. The first-order valence-electron chi connectivity index (χ1n) is 13.0. The zero-order chi connectivity index (χ0) is 23.8. The molecule has 0 aromatic heterocycles. The number of carbonyl (C=O) groups is 1. The van der Waals surface area contributed by atoms with Crippen LogP contribution in [0.5, 0.6) is 11.5 Å². The molecule has 3 aliphatic carbocycles. The first-order valence-corrected chi connectivity index (χ1v) is 13.0. The van der Waals surface area contributed by atoms with E-state index in [1.54, 1.807) is 6.07 Å². The number of nitrogens with one attached hydrogen (secondary N) is 1. The quantitative estimate of drug-likeness (QED) is 0.614. The van der Waals surface area contributed by atoms with Gasteiger partial charge in [0.15, 0.2) is 11.5 Å². The van der Waals surface area contributed by atoms with E-state index >= 15 is 0 Å². The van der Waals surface area contributed by atoms with Gasteiger partial charge in [-0.05, 0) is 68.2 Å². The highest BCUT2D eigenvalue weighted by Gasteiger charge is 2.73. The topological polar surface area (TPSA) is 91.3 Å². The van der Waals surface area contributed by atoms with Gasteiger partial charge in [0.1, 0.15) is 12.7 Å². The number of rotatable bonds is 5. The van der Waals surface area contributed by atoms with Crippen LogP contribution in [0.25, 0.3) is 0 Å². The van der Waals surface area contributed by atoms with Gasteiger partial charge in [0.2, 0.25) is 0 Å². The van der Waals surface area contributed by atoms with E-state index < -0.39 is 23.2 Å². The van der Waals surface area contributed by atoms with Crippen molar-refractivity contribution >= 4 is 6.09 Å². The third kappa shape index (κ3) is 3.07. The highest BCUT2D eigenvalue weighted by molar-refractivity contribution is 5.69. The Hall–Kier alpha value is -2.77. The van der Waals surface area contributed by atoms with Crippen molar-refractivity contribution in [1.29, 1.82) is 0 Å². The van der Waals surface area contributed by atoms with Crippen LogP contribution in [0, 0.1) is 5.92 Å². The number of phenols is 1. The number of amides is 1. The van der Waals surface area contributed by atoms with Crippen LogP contribution in [0.15, 0.2) is 42.5 Å². The van der Waals surface area contributed by atoms with E-state index in [9.17, 15) is 15.0 Å². The summed E-state index contributed by atoms with van der Waals surface area (Å²) < 4.78 is 12.0. The van der Waals surface area contributed by atoms with Gasteiger partial charge in [0, 0.05) is 18.2 Å². The van der Waals surface area contributed by atoms with Gasteiger partial charge in [0.05, 0.1) is 17.1 Å². The molecule has 3 N–H and O–H groups in total. The van der Waals surface area contributed by atoms with E-state index in [1.807, 2.05) is 36.4 Å². The van der Waals surface area contributed by atoms with E-state index in [2.05, 4.69) is 10.2 Å². The number of ether oxygens (including phenoxy) is 2. The maximum atomic E-state index is 12.8. The second-order valence-corrected chi connectivity index (χ2v) is 11.1. The molecule has 7 heteroatoms. The molecular formula is C28H32N2O5. The standard InChI is InChI=1S/C28H32N2O5/c31-21-9-8-19-14-22-28(33)11-10-20(29-26(32)34-16-18-4-2-1-3-5-18)25-27(28,23(19)24(21)35-25)12-13-30(22)15-17-6-7-17/h1-5,8-9,17,20,22,25,31,33H,6-7,10-16H2,(H,29,32)/t20-,22+,25+,27+,28-/m1/s1. The van der Waals surface area contributed by atoms with E-state index in [4.69, 9.17) is 9.47 Å². The van der Waals surface area contributed by atoms with Crippen LogP contribution in [0.2, 0.25) is 0 Å². The lowest BCUT2D eigenvalue weighted by Gasteiger charge is -2.64. The number of piperidine rings is 1. The van der Waals surface area contributed by atoms with E-state index in [1.165, 1.54) is 12.8 Å². The molecule has 5 aliphatic rings. The first kappa shape index (κ1) is 21.5. The number of phenolic OH excluding ortho intramolecular Hbond substituents is 1. The van der Waals surface area contributed by atoms with Crippen LogP contribution in [0.1, 0.15) is 48.8 Å². The average Bonchev–Trinajstić information content (AvgIpc) is 3.60. The molecular weight excluding hydrogens is 444 g/mol. The fourth-order valence-electron chi connectivity index (χ4n) is 7.55. The van der Waals surface area contributed by atoms with Gasteiger partial charge in [-0.3, -0.25) is 4.90 Å². The minimum absolute atomic E-state index is 0.0249. The molecule has 5 atom stereocenters.